The number of rotatable bonds is 9. The molecule has 30 heavy (non-hydrogen) atoms. The summed E-state index contributed by atoms with van der Waals surface area (Å²) in [6.07, 6.45) is 0. The molecular formula is C22H20ClNO4S2. The molecule has 0 aromatic heterocycles. The molecule has 0 aliphatic heterocycles. The van der Waals surface area contributed by atoms with Crippen LogP contribution in [0.25, 0.3) is 11.1 Å². The molecule has 0 amide bonds. The highest BCUT2D eigenvalue weighted by molar-refractivity contribution is 7.98. The third-order valence-electron chi connectivity index (χ3n) is 4.33. The minimum absolute atomic E-state index is 0.0134. The van der Waals surface area contributed by atoms with E-state index in [0.29, 0.717) is 10.8 Å². The molecule has 156 valence electrons. The number of thioether (sulfide) groups is 1. The zero-order chi connectivity index (χ0) is 21.6. The number of nitrogens with one attached hydrogen (secondary N) is 1. The number of aliphatic carboxylic acids is 1. The van der Waals surface area contributed by atoms with Gasteiger partial charge in [-0.3, -0.25) is 4.79 Å². The van der Waals surface area contributed by atoms with Crippen LogP contribution in [-0.4, -0.2) is 31.3 Å². The van der Waals surface area contributed by atoms with Crippen molar-refractivity contribution in [1.82, 2.24) is 4.72 Å². The quantitative estimate of drug-likeness (QED) is 0.483. The highest BCUT2D eigenvalue weighted by Gasteiger charge is 2.25. The van der Waals surface area contributed by atoms with Crippen molar-refractivity contribution in [2.75, 3.05) is 5.75 Å². The van der Waals surface area contributed by atoms with Crippen LogP contribution in [0.5, 0.6) is 0 Å². The predicted molar refractivity (Wildman–Crippen MR) is 121 cm³/mol. The maximum absolute atomic E-state index is 12.7. The van der Waals surface area contributed by atoms with E-state index in [9.17, 15) is 18.3 Å². The second-order valence-corrected chi connectivity index (χ2v) is 9.72. The Balaban J connectivity index is 1.66. The van der Waals surface area contributed by atoms with Crippen molar-refractivity contribution in [3.63, 3.8) is 0 Å². The van der Waals surface area contributed by atoms with E-state index >= 15 is 0 Å². The third kappa shape index (κ3) is 6.09. The summed E-state index contributed by atoms with van der Waals surface area (Å²) in [5.74, 6) is -0.494. The minimum atomic E-state index is -3.97. The molecule has 5 nitrogen and oxygen atoms in total. The summed E-state index contributed by atoms with van der Waals surface area (Å²) >= 11 is 7.25. The summed E-state index contributed by atoms with van der Waals surface area (Å²) in [7, 11) is -3.97. The van der Waals surface area contributed by atoms with Crippen molar-refractivity contribution in [2.24, 2.45) is 0 Å². The largest absolute Gasteiger partial charge is 0.480 e. The van der Waals surface area contributed by atoms with Crippen LogP contribution in [0, 0.1) is 0 Å². The molecule has 0 aliphatic rings. The van der Waals surface area contributed by atoms with Crippen molar-refractivity contribution >= 4 is 39.4 Å². The van der Waals surface area contributed by atoms with Crippen molar-refractivity contribution in [3.8, 4) is 11.1 Å². The Morgan fingerprint density at radius 1 is 0.933 bits per heavy atom. The number of hydrogen-bond donors (Lipinski definition) is 2. The van der Waals surface area contributed by atoms with E-state index in [1.54, 1.807) is 24.3 Å². The Bertz CT molecular complexity index is 1090. The fourth-order valence-electron chi connectivity index (χ4n) is 2.75. The molecule has 0 heterocycles. The second kappa shape index (κ2) is 10.1. The van der Waals surface area contributed by atoms with E-state index < -0.39 is 22.0 Å². The Morgan fingerprint density at radius 2 is 1.50 bits per heavy atom. The highest BCUT2D eigenvalue weighted by atomic mass is 35.5. The maximum Gasteiger partial charge on any atom is 0.322 e. The lowest BCUT2D eigenvalue weighted by atomic mass is 10.1. The van der Waals surface area contributed by atoms with E-state index in [0.717, 1.165) is 16.7 Å². The van der Waals surface area contributed by atoms with E-state index in [1.807, 2.05) is 42.5 Å². The Labute approximate surface area is 185 Å². The molecule has 0 aliphatic carbocycles. The predicted octanol–water partition coefficient (Wildman–Crippen LogP) is 4.67. The number of hydrogen-bond acceptors (Lipinski definition) is 4. The van der Waals surface area contributed by atoms with Gasteiger partial charge in [-0.15, -0.1) is 0 Å². The van der Waals surface area contributed by atoms with Gasteiger partial charge in [-0.25, -0.2) is 8.42 Å². The Hall–Kier alpha value is -2.32. The first-order chi connectivity index (χ1) is 14.3. The van der Waals surface area contributed by atoms with Gasteiger partial charge in [0, 0.05) is 16.5 Å². The van der Waals surface area contributed by atoms with Gasteiger partial charge in [-0.2, -0.15) is 16.5 Å². The fraction of sp³-hybridized carbons (Fsp3) is 0.136. The molecule has 3 aromatic rings. The summed E-state index contributed by atoms with van der Waals surface area (Å²) in [6, 6.07) is 21.8. The molecule has 0 unspecified atom stereocenters. The highest BCUT2D eigenvalue weighted by Crippen LogP contribution is 2.23. The second-order valence-electron chi connectivity index (χ2n) is 6.54. The topological polar surface area (TPSA) is 83.5 Å². The van der Waals surface area contributed by atoms with Crippen LogP contribution in [-0.2, 0) is 20.6 Å². The average Bonchev–Trinajstić information content (AvgIpc) is 2.74. The van der Waals surface area contributed by atoms with Crippen molar-refractivity contribution in [3.05, 3.63) is 89.4 Å². The van der Waals surface area contributed by atoms with E-state index in [4.69, 9.17) is 11.6 Å². The van der Waals surface area contributed by atoms with Crippen LogP contribution in [0.1, 0.15) is 5.56 Å². The lowest BCUT2D eigenvalue weighted by Gasteiger charge is -2.15. The first-order valence-corrected chi connectivity index (χ1v) is 12.1. The first kappa shape index (κ1) is 22.4. The molecule has 0 saturated heterocycles. The van der Waals surface area contributed by atoms with Gasteiger partial charge in [0.2, 0.25) is 10.0 Å². The normalized spacial score (nSPS) is 12.4. The average molecular weight is 462 g/mol. The summed E-state index contributed by atoms with van der Waals surface area (Å²) in [4.78, 5) is 11.6. The fourth-order valence-corrected chi connectivity index (χ4v) is 5.18. The van der Waals surface area contributed by atoms with E-state index in [1.165, 1.54) is 23.9 Å². The first-order valence-electron chi connectivity index (χ1n) is 9.08. The molecule has 0 radical (unpaired) electrons. The van der Waals surface area contributed by atoms with Crippen LogP contribution in [0.15, 0.2) is 83.8 Å². The SMILES string of the molecule is O=C(O)[C@H](CSCc1ccccc1)NS(=O)(=O)c1ccc(-c2ccc(Cl)cc2)cc1. The molecule has 1 atom stereocenters. The van der Waals surface area contributed by atoms with Crippen LogP contribution in [0.3, 0.4) is 0 Å². The van der Waals surface area contributed by atoms with Gasteiger partial charge >= 0.3 is 5.97 Å². The Morgan fingerprint density at radius 3 is 2.07 bits per heavy atom. The standard InChI is InChI=1S/C22H20ClNO4S2/c23-19-10-6-17(7-11-19)18-8-12-20(13-9-18)30(27,28)24-21(22(25)26)15-29-14-16-4-2-1-3-5-16/h1-13,21,24H,14-15H2,(H,25,26)/t21-/m0/s1. The van der Waals surface area contributed by atoms with E-state index in [2.05, 4.69) is 4.72 Å². The zero-order valence-electron chi connectivity index (χ0n) is 15.9. The van der Waals surface area contributed by atoms with Gasteiger partial charge in [-0.1, -0.05) is 66.2 Å². The van der Waals surface area contributed by atoms with Gasteiger partial charge in [0.1, 0.15) is 6.04 Å². The smallest absolute Gasteiger partial charge is 0.322 e. The van der Waals surface area contributed by atoms with Crippen molar-refractivity contribution in [2.45, 2.75) is 16.7 Å². The molecule has 8 heteroatoms. The Kier molecular flexibility index (Phi) is 7.55. The van der Waals surface area contributed by atoms with E-state index in [-0.39, 0.29) is 10.6 Å². The number of carbonyl (C=O) groups is 1. The van der Waals surface area contributed by atoms with Crippen LogP contribution in [0.2, 0.25) is 5.02 Å². The molecule has 0 bridgehead atoms. The summed E-state index contributed by atoms with van der Waals surface area (Å²) in [6.45, 7) is 0. The molecule has 2 N–H and O–H groups in total. The lowest BCUT2D eigenvalue weighted by molar-refractivity contribution is -0.138. The summed E-state index contributed by atoms with van der Waals surface area (Å²) in [5, 5.41) is 10.1. The summed E-state index contributed by atoms with van der Waals surface area (Å²) in [5.41, 5.74) is 2.78. The molecular weight excluding hydrogens is 442 g/mol. The minimum Gasteiger partial charge on any atom is -0.480 e. The number of benzene rings is 3. The monoisotopic (exact) mass is 461 g/mol. The van der Waals surface area contributed by atoms with Gasteiger partial charge in [0.25, 0.3) is 0 Å². The molecule has 3 aromatic carbocycles. The number of carboxylic acids is 1. The van der Waals surface area contributed by atoms with Gasteiger partial charge in [0.15, 0.2) is 0 Å². The molecule has 3 rings (SSSR count). The zero-order valence-corrected chi connectivity index (χ0v) is 18.3. The molecule has 0 saturated carbocycles. The van der Waals surface area contributed by atoms with Gasteiger partial charge in [0.05, 0.1) is 4.90 Å². The summed E-state index contributed by atoms with van der Waals surface area (Å²) < 4.78 is 27.6. The number of halogens is 1. The van der Waals surface area contributed by atoms with Crippen molar-refractivity contribution < 1.29 is 18.3 Å². The van der Waals surface area contributed by atoms with Gasteiger partial charge < -0.3 is 5.11 Å². The number of carboxylic acid groups (broad SMARTS) is 1. The van der Waals surface area contributed by atoms with Crippen LogP contribution >= 0.6 is 23.4 Å². The van der Waals surface area contributed by atoms with Crippen LogP contribution < -0.4 is 4.72 Å². The molecule has 0 fully saturated rings. The number of sulfonamides is 1. The molecule has 0 spiro atoms. The third-order valence-corrected chi connectivity index (χ3v) is 7.18. The van der Waals surface area contributed by atoms with Gasteiger partial charge in [-0.05, 0) is 41.0 Å². The van der Waals surface area contributed by atoms with Crippen LogP contribution in [0.4, 0.5) is 0 Å². The lowest BCUT2D eigenvalue weighted by Crippen LogP contribution is -2.42. The van der Waals surface area contributed by atoms with Crippen molar-refractivity contribution in [1.29, 1.82) is 0 Å². The maximum atomic E-state index is 12.7.